The SMILES string of the molecule is CCc1ccc(-c2ccc(-c3ccc(OC(F)F)cc3)cc2F)cc1. The third-order valence-corrected chi connectivity index (χ3v) is 4.06. The van der Waals surface area contributed by atoms with Crippen LogP contribution in [-0.4, -0.2) is 6.61 Å². The number of hydrogen-bond acceptors (Lipinski definition) is 1. The molecular weight excluding hydrogens is 325 g/mol. The van der Waals surface area contributed by atoms with Crippen molar-refractivity contribution in [2.24, 2.45) is 0 Å². The van der Waals surface area contributed by atoms with Gasteiger partial charge in [0.25, 0.3) is 0 Å². The molecule has 0 saturated heterocycles. The molecule has 0 unspecified atom stereocenters. The van der Waals surface area contributed by atoms with Gasteiger partial charge in [-0.3, -0.25) is 0 Å². The van der Waals surface area contributed by atoms with Crippen LogP contribution < -0.4 is 4.74 Å². The highest BCUT2D eigenvalue weighted by molar-refractivity contribution is 5.71. The predicted octanol–water partition coefficient (Wildman–Crippen LogP) is 6.32. The van der Waals surface area contributed by atoms with Crippen molar-refractivity contribution in [3.63, 3.8) is 0 Å². The van der Waals surface area contributed by atoms with Crippen LogP contribution in [-0.2, 0) is 6.42 Å². The van der Waals surface area contributed by atoms with E-state index in [4.69, 9.17) is 0 Å². The van der Waals surface area contributed by atoms with Gasteiger partial charge in [-0.1, -0.05) is 55.5 Å². The Labute approximate surface area is 144 Å². The Kier molecular flexibility index (Phi) is 5.08. The van der Waals surface area contributed by atoms with Crippen molar-refractivity contribution in [2.45, 2.75) is 20.0 Å². The summed E-state index contributed by atoms with van der Waals surface area (Å²) < 4.78 is 43.2. The molecule has 0 bridgehead atoms. The molecule has 0 spiro atoms. The molecule has 0 aliphatic rings. The number of ether oxygens (including phenoxy) is 1. The summed E-state index contributed by atoms with van der Waals surface area (Å²) in [5.74, 6) is -0.249. The molecule has 0 aromatic heterocycles. The van der Waals surface area contributed by atoms with Crippen molar-refractivity contribution >= 4 is 0 Å². The smallest absolute Gasteiger partial charge is 0.387 e. The summed E-state index contributed by atoms with van der Waals surface area (Å²) in [7, 11) is 0. The average molecular weight is 342 g/mol. The molecule has 128 valence electrons. The highest BCUT2D eigenvalue weighted by atomic mass is 19.3. The van der Waals surface area contributed by atoms with Gasteiger partial charge in [0.05, 0.1) is 0 Å². The Bertz CT molecular complexity index is 840. The van der Waals surface area contributed by atoms with Gasteiger partial charge in [-0.25, -0.2) is 4.39 Å². The monoisotopic (exact) mass is 342 g/mol. The van der Waals surface area contributed by atoms with Crippen molar-refractivity contribution in [1.29, 1.82) is 0 Å². The Balaban J connectivity index is 1.86. The molecule has 0 aliphatic heterocycles. The van der Waals surface area contributed by atoms with Crippen molar-refractivity contribution in [3.05, 3.63) is 78.1 Å². The second kappa shape index (κ2) is 7.43. The van der Waals surface area contributed by atoms with Gasteiger partial charge in [0.15, 0.2) is 0 Å². The second-order valence-corrected chi connectivity index (χ2v) is 5.65. The zero-order valence-electron chi connectivity index (χ0n) is 13.7. The zero-order chi connectivity index (χ0) is 17.8. The molecule has 3 aromatic rings. The van der Waals surface area contributed by atoms with Crippen LogP contribution in [0.2, 0.25) is 0 Å². The van der Waals surface area contributed by atoms with E-state index in [0.717, 1.165) is 17.5 Å². The second-order valence-electron chi connectivity index (χ2n) is 5.65. The zero-order valence-corrected chi connectivity index (χ0v) is 13.7. The van der Waals surface area contributed by atoms with E-state index >= 15 is 0 Å². The highest BCUT2D eigenvalue weighted by Crippen LogP contribution is 2.29. The molecule has 1 nitrogen and oxygen atoms in total. The van der Waals surface area contributed by atoms with Crippen LogP contribution in [0.1, 0.15) is 12.5 Å². The minimum Gasteiger partial charge on any atom is -0.435 e. The fourth-order valence-electron chi connectivity index (χ4n) is 2.68. The van der Waals surface area contributed by atoms with Crippen LogP contribution in [0.25, 0.3) is 22.3 Å². The van der Waals surface area contributed by atoms with Gasteiger partial charge < -0.3 is 4.74 Å². The summed E-state index contributed by atoms with van der Waals surface area (Å²) in [5, 5.41) is 0. The van der Waals surface area contributed by atoms with E-state index in [1.807, 2.05) is 30.3 Å². The number of rotatable bonds is 5. The lowest BCUT2D eigenvalue weighted by atomic mass is 9.98. The van der Waals surface area contributed by atoms with Crippen molar-refractivity contribution < 1.29 is 17.9 Å². The lowest BCUT2D eigenvalue weighted by Gasteiger charge is -2.09. The molecule has 0 fully saturated rings. The fourth-order valence-corrected chi connectivity index (χ4v) is 2.68. The lowest BCUT2D eigenvalue weighted by molar-refractivity contribution is -0.0498. The first-order valence-electron chi connectivity index (χ1n) is 8.01. The molecule has 4 heteroatoms. The van der Waals surface area contributed by atoms with E-state index in [0.29, 0.717) is 11.1 Å². The first-order chi connectivity index (χ1) is 12.1. The average Bonchev–Trinajstić information content (AvgIpc) is 2.62. The van der Waals surface area contributed by atoms with Crippen LogP contribution in [0.4, 0.5) is 13.2 Å². The van der Waals surface area contributed by atoms with Gasteiger partial charge in [0, 0.05) is 5.56 Å². The summed E-state index contributed by atoms with van der Waals surface area (Å²) in [5.41, 5.74) is 3.96. The van der Waals surface area contributed by atoms with Gasteiger partial charge in [0.1, 0.15) is 11.6 Å². The van der Waals surface area contributed by atoms with Gasteiger partial charge >= 0.3 is 6.61 Å². The largest absolute Gasteiger partial charge is 0.435 e. The third-order valence-electron chi connectivity index (χ3n) is 4.06. The van der Waals surface area contributed by atoms with E-state index in [2.05, 4.69) is 11.7 Å². The molecule has 0 N–H and O–H groups in total. The number of hydrogen-bond donors (Lipinski definition) is 0. The quantitative estimate of drug-likeness (QED) is 0.527. The number of alkyl halides is 2. The predicted molar refractivity (Wildman–Crippen MR) is 93.3 cm³/mol. The molecule has 25 heavy (non-hydrogen) atoms. The molecular formula is C21H17F3O. The number of aryl methyl sites for hydroxylation is 1. The van der Waals surface area contributed by atoms with Gasteiger partial charge in [0.2, 0.25) is 0 Å². The van der Waals surface area contributed by atoms with E-state index in [1.165, 1.54) is 23.8 Å². The first kappa shape index (κ1) is 17.1. The summed E-state index contributed by atoms with van der Waals surface area (Å²) in [6.45, 7) is -0.788. The molecule has 0 amide bonds. The molecule has 0 atom stereocenters. The normalized spacial score (nSPS) is 10.9. The van der Waals surface area contributed by atoms with Crippen LogP contribution in [0.3, 0.4) is 0 Å². The summed E-state index contributed by atoms with van der Waals surface area (Å²) in [4.78, 5) is 0. The van der Waals surface area contributed by atoms with E-state index in [9.17, 15) is 13.2 Å². The van der Waals surface area contributed by atoms with E-state index in [-0.39, 0.29) is 11.6 Å². The Morgan fingerprint density at radius 1 is 0.800 bits per heavy atom. The molecule has 0 heterocycles. The molecule has 0 radical (unpaired) electrons. The standard InChI is InChI=1S/C21H17F3O/c1-2-14-3-5-16(6-4-14)19-12-9-17(13-20(19)22)15-7-10-18(11-8-15)25-21(23)24/h3-13,21H,2H2,1H3. The fraction of sp³-hybridized carbons (Fsp3) is 0.143. The number of benzene rings is 3. The van der Waals surface area contributed by atoms with Crippen LogP contribution in [0.5, 0.6) is 5.75 Å². The van der Waals surface area contributed by atoms with Gasteiger partial charge in [-0.2, -0.15) is 8.78 Å². The molecule has 0 aliphatic carbocycles. The van der Waals surface area contributed by atoms with Crippen LogP contribution in [0, 0.1) is 5.82 Å². The molecule has 3 rings (SSSR count). The Morgan fingerprint density at radius 2 is 1.40 bits per heavy atom. The van der Waals surface area contributed by atoms with Crippen molar-refractivity contribution in [3.8, 4) is 28.0 Å². The van der Waals surface area contributed by atoms with Gasteiger partial charge in [-0.15, -0.1) is 0 Å². The highest BCUT2D eigenvalue weighted by Gasteiger charge is 2.09. The number of halogens is 3. The minimum absolute atomic E-state index is 0.0758. The topological polar surface area (TPSA) is 9.23 Å². The summed E-state index contributed by atoms with van der Waals surface area (Å²) in [6.07, 6.45) is 0.937. The van der Waals surface area contributed by atoms with Crippen LogP contribution >= 0.6 is 0 Å². The third kappa shape index (κ3) is 4.02. The van der Waals surface area contributed by atoms with E-state index < -0.39 is 6.61 Å². The lowest BCUT2D eigenvalue weighted by Crippen LogP contribution is -2.01. The Morgan fingerprint density at radius 3 is 1.96 bits per heavy atom. The summed E-state index contributed by atoms with van der Waals surface area (Å²) >= 11 is 0. The minimum atomic E-state index is -2.86. The maximum Gasteiger partial charge on any atom is 0.387 e. The van der Waals surface area contributed by atoms with Crippen LogP contribution in [0.15, 0.2) is 66.7 Å². The van der Waals surface area contributed by atoms with E-state index in [1.54, 1.807) is 18.2 Å². The van der Waals surface area contributed by atoms with Gasteiger partial charge in [-0.05, 0) is 46.9 Å². The maximum atomic E-state index is 14.5. The Hall–Kier alpha value is -2.75. The molecule has 3 aromatic carbocycles. The maximum absolute atomic E-state index is 14.5. The van der Waals surface area contributed by atoms with Crippen molar-refractivity contribution in [1.82, 2.24) is 0 Å². The first-order valence-corrected chi connectivity index (χ1v) is 8.01. The van der Waals surface area contributed by atoms with Crippen molar-refractivity contribution in [2.75, 3.05) is 0 Å². The molecule has 0 saturated carbocycles. The summed E-state index contributed by atoms with van der Waals surface area (Å²) in [6, 6.07) is 18.9.